The zero-order valence-electron chi connectivity index (χ0n) is 11.2. The molecule has 0 aliphatic carbocycles. The molecule has 0 fully saturated rings. The maximum absolute atomic E-state index is 12.9. The predicted octanol–water partition coefficient (Wildman–Crippen LogP) is 2.46. The van der Waals surface area contributed by atoms with Crippen LogP contribution in [0.1, 0.15) is 22.8 Å². The first-order valence-corrected chi connectivity index (χ1v) is 6.20. The molecule has 0 aliphatic heterocycles. The van der Waals surface area contributed by atoms with Crippen LogP contribution in [-0.2, 0) is 4.74 Å². The van der Waals surface area contributed by atoms with E-state index in [2.05, 4.69) is 0 Å². The maximum Gasteiger partial charge on any atom is 0.344 e. The summed E-state index contributed by atoms with van der Waals surface area (Å²) in [4.78, 5) is 24.2. The molecule has 2 aromatic rings. The molecule has 20 heavy (non-hydrogen) atoms. The number of ether oxygens (including phenoxy) is 1. The van der Waals surface area contributed by atoms with E-state index in [0.29, 0.717) is 11.3 Å². The molecule has 0 aliphatic rings. The van der Waals surface area contributed by atoms with E-state index in [1.807, 2.05) is 0 Å². The third-order valence-corrected chi connectivity index (χ3v) is 2.88. The summed E-state index contributed by atoms with van der Waals surface area (Å²) in [5.41, 5.74) is 0.558. The van der Waals surface area contributed by atoms with Crippen molar-refractivity contribution in [1.82, 2.24) is 4.57 Å². The van der Waals surface area contributed by atoms with Gasteiger partial charge in [0.05, 0.1) is 6.61 Å². The Kier molecular flexibility index (Phi) is 3.98. The summed E-state index contributed by atoms with van der Waals surface area (Å²) in [5.74, 6) is -1.04. The monoisotopic (exact) mass is 275 g/mol. The van der Waals surface area contributed by atoms with Crippen molar-refractivity contribution in [3.8, 4) is 5.69 Å². The van der Waals surface area contributed by atoms with Gasteiger partial charge in [-0.2, -0.15) is 0 Å². The lowest BCUT2D eigenvalue weighted by Gasteiger charge is -2.10. The fraction of sp³-hybridized carbons (Fsp3) is 0.200. The highest BCUT2D eigenvalue weighted by molar-refractivity contribution is 5.90. The number of carbonyl (C=O) groups excluding carboxylic acids is 1. The van der Waals surface area contributed by atoms with Crippen LogP contribution in [0.3, 0.4) is 0 Å². The average molecular weight is 275 g/mol. The van der Waals surface area contributed by atoms with Crippen LogP contribution in [0.15, 0.2) is 41.3 Å². The van der Waals surface area contributed by atoms with Crippen molar-refractivity contribution < 1.29 is 13.9 Å². The number of esters is 1. The topological polar surface area (TPSA) is 48.3 Å². The molecule has 1 aromatic carbocycles. The molecule has 0 radical (unpaired) electrons. The molecule has 0 bridgehead atoms. The summed E-state index contributed by atoms with van der Waals surface area (Å²) in [7, 11) is 0. The third kappa shape index (κ3) is 2.61. The Balaban J connectivity index is 2.57. The number of halogens is 1. The smallest absolute Gasteiger partial charge is 0.344 e. The van der Waals surface area contributed by atoms with Crippen molar-refractivity contribution in [2.75, 3.05) is 6.61 Å². The van der Waals surface area contributed by atoms with Crippen LogP contribution in [0.25, 0.3) is 5.69 Å². The lowest BCUT2D eigenvalue weighted by Crippen LogP contribution is -2.27. The van der Waals surface area contributed by atoms with Crippen molar-refractivity contribution in [3.63, 3.8) is 0 Å². The van der Waals surface area contributed by atoms with Crippen LogP contribution in [0.2, 0.25) is 0 Å². The van der Waals surface area contributed by atoms with Crippen LogP contribution < -0.4 is 5.56 Å². The van der Waals surface area contributed by atoms with Crippen LogP contribution in [0, 0.1) is 12.7 Å². The molecule has 0 saturated heterocycles. The van der Waals surface area contributed by atoms with Gasteiger partial charge in [-0.15, -0.1) is 0 Å². The Hall–Kier alpha value is -2.43. The fourth-order valence-corrected chi connectivity index (χ4v) is 1.88. The molecule has 104 valence electrons. The zero-order valence-corrected chi connectivity index (χ0v) is 11.2. The Morgan fingerprint density at radius 2 is 1.90 bits per heavy atom. The minimum absolute atomic E-state index is 0.00123. The van der Waals surface area contributed by atoms with Gasteiger partial charge in [0.2, 0.25) is 0 Å². The van der Waals surface area contributed by atoms with Crippen molar-refractivity contribution in [3.05, 3.63) is 63.8 Å². The second kappa shape index (κ2) is 5.69. The number of pyridine rings is 1. The number of hydrogen-bond acceptors (Lipinski definition) is 3. The highest BCUT2D eigenvalue weighted by atomic mass is 19.1. The van der Waals surface area contributed by atoms with Gasteiger partial charge < -0.3 is 4.74 Å². The summed E-state index contributed by atoms with van der Waals surface area (Å²) in [5, 5.41) is 0. The van der Waals surface area contributed by atoms with Crippen molar-refractivity contribution in [2.45, 2.75) is 13.8 Å². The Labute approximate surface area is 115 Å². The second-order valence-electron chi connectivity index (χ2n) is 4.25. The quantitative estimate of drug-likeness (QED) is 0.808. The van der Waals surface area contributed by atoms with Gasteiger partial charge in [-0.25, -0.2) is 9.18 Å². The minimum atomic E-state index is -0.647. The van der Waals surface area contributed by atoms with Crippen LogP contribution in [0.4, 0.5) is 4.39 Å². The van der Waals surface area contributed by atoms with Crippen LogP contribution in [-0.4, -0.2) is 17.1 Å². The van der Waals surface area contributed by atoms with Gasteiger partial charge in [0.15, 0.2) is 0 Å². The molecule has 4 nitrogen and oxygen atoms in total. The molecule has 0 atom stereocenters. The molecule has 0 amide bonds. The lowest BCUT2D eigenvalue weighted by atomic mass is 10.1. The average Bonchev–Trinajstić information content (AvgIpc) is 2.41. The molecule has 1 heterocycles. The lowest BCUT2D eigenvalue weighted by molar-refractivity contribution is 0.0523. The number of aromatic nitrogens is 1. The first-order valence-electron chi connectivity index (χ1n) is 6.20. The normalized spacial score (nSPS) is 10.3. The number of rotatable bonds is 3. The van der Waals surface area contributed by atoms with Crippen molar-refractivity contribution in [2.24, 2.45) is 0 Å². The molecular weight excluding hydrogens is 261 g/mol. The van der Waals surface area contributed by atoms with E-state index < -0.39 is 11.5 Å². The number of benzene rings is 1. The first kappa shape index (κ1) is 14.0. The van der Waals surface area contributed by atoms with Crippen LogP contribution >= 0.6 is 0 Å². The van der Waals surface area contributed by atoms with E-state index in [0.717, 1.165) is 0 Å². The van der Waals surface area contributed by atoms with E-state index in [-0.39, 0.29) is 18.0 Å². The molecule has 5 heteroatoms. The van der Waals surface area contributed by atoms with Gasteiger partial charge in [0.1, 0.15) is 11.4 Å². The molecular formula is C15H14FNO3. The minimum Gasteiger partial charge on any atom is -0.462 e. The molecule has 0 spiro atoms. The molecule has 1 aromatic heterocycles. The summed E-state index contributed by atoms with van der Waals surface area (Å²) < 4.78 is 19.1. The van der Waals surface area contributed by atoms with E-state index in [1.165, 1.54) is 28.8 Å². The highest BCUT2D eigenvalue weighted by Gasteiger charge is 2.17. The molecule has 0 N–H and O–H groups in total. The number of carbonyl (C=O) groups is 1. The van der Waals surface area contributed by atoms with Gasteiger partial charge in [-0.1, -0.05) is 0 Å². The second-order valence-corrected chi connectivity index (χ2v) is 4.25. The Bertz CT molecular complexity index is 689. The van der Waals surface area contributed by atoms with Gasteiger partial charge in [0.25, 0.3) is 5.56 Å². The predicted molar refractivity (Wildman–Crippen MR) is 72.7 cm³/mol. The van der Waals surface area contributed by atoms with Gasteiger partial charge in [-0.05, 0) is 49.7 Å². The zero-order chi connectivity index (χ0) is 14.7. The van der Waals surface area contributed by atoms with Crippen molar-refractivity contribution >= 4 is 5.97 Å². The van der Waals surface area contributed by atoms with E-state index >= 15 is 0 Å². The first-order chi connectivity index (χ1) is 9.54. The standard InChI is InChI=1S/C15H14FNO3/c1-3-20-15(19)13-10(2)8-9-17(14(13)18)12-6-4-11(16)5-7-12/h4-9H,3H2,1-2H3. The molecule has 0 saturated carbocycles. The summed E-state index contributed by atoms with van der Waals surface area (Å²) in [6, 6.07) is 7.11. The summed E-state index contributed by atoms with van der Waals surface area (Å²) >= 11 is 0. The molecule has 0 unspecified atom stereocenters. The maximum atomic E-state index is 12.9. The van der Waals surface area contributed by atoms with Crippen molar-refractivity contribution in [1.29, 1.82) is 0 Å². The van der Waals surface area contributed by atoms with E-state index in [4.69, 9.17) is 4.74 Å². The summed E-state index contributed by atoms with van der Waals surface area (Å²) in [6.07, 6.45) is 1.55. The fourth-order valence-electron chi connectivity index (χ4n) is 1.88. The van der Waals surface area contributed by atoms with Gasteiger partial charge >= 0.3 is 5.97 Å². The SMILES string of the molecule is CCOC(=O)c1c(C)ccn(-c2ccc(F)cc2)c1=O. The molecule has 2 rings (SSSR count). The largest absolute Gasteiger partial charge is 0.462 e. The van der Waals surface area contributed by atoms with Gasteiger partial charge in [-0.3, -0.25) is 9.36 Å². The van der Waals surface area contributed by atoms with Crippen LogP contribution in [0.5, 0.6) is 0 Å². The number of hydrogen-bond donors (Lipinski definition) is 0. The van der Waals surface area contributed by atoms with E-state index in [9.17, 15) is 14.0 Å². The number of nitrogens with zero attached hydrogens (tertiary/aromatic N) is 1. The summed E-state index contributed by atoms with van der Waals surface area (Å²) in [6.45, 7) is 3.54. The highest BCUT2D eigenvalue weighted by Crippen LogP contribution is 2.10. The third-order valence-electron chi connectivity index (χ3n) is 2.88. The van der Waals surface area contributed by atoms with E-state index in [1.54, 1.807) is 26.1 Å². The number of aryl methyl sites for hydroxylation is 1. The Morgan fingerprint density at radius 3 is 2.50 bits per heavy atom. The Morgan fingerprint density at radius 1 is 1.25 bits per heavy atom. The van der Waals surface area contributed by atoms with Gasteiger partial charge in [0, 0.05) is 11.9 Å².